The van der Waals surface area contributed by atoms with Gasteiger partial charge in [-0.05, 0) is 125 Å². The highest BCUT2D eigenvalue weighted by molar-refractivity contribution is 5.50. The lowest BCUT2D eigenvalue weighted by Crippen LogP contribution is -2.45. The molecule has 0 spiro atoms. The molecule has 0 aromatic heterocycles. The van der Waals surface area contributed by atoms with Crippen LogP contribution in [-0.4, -0.2) is 0 Å². The minimum Gasteiger partial charge on any atom is -0.0910 e. The van der Waals surface area contributed by atoms with E-state index in [2.05, 4.69) is 41.9 Å². The van der Waals surface area contributed by atoms with E-state index in [-0.39, 0.29) is 0 Å². The van der Waals surface area contributed by atoms with Crippen LogP contribution in [0.4, 0.5) is 0 Å². The summed E-state index contributed by atoms with van der Waals surface area (Å²) >= 11 is 0. The van der Waals surface area contributed by atoms with E-state index in [1.54, 1.807) is 0 Å². The van der Waals surface area contributed by atoms with Gasteiger partial charge in [0, 0.05) is 22.0 Å². The number of hydrogen-bond donors (Lipinski definition) is 0. The molecular formula is C30H33. The fourth-order valence-electron chi connectivity index (χ4n) is 9.57. The van der Waals surface area contributed by atoms with Gasteiger partial charge in [-0.3, -0.25) is 0 Å². The topological polar surface area (TPSA) is 0 Å². The summed E-state index contributed by atoms with van der Waals surface area (Å²) in [4.78, 5) is 0. The van der Waals surface area contributed by atoms with E-state index in [1.165, 1.54) is 77.0 Å². The quantitative estimate of drug-likeness (QED) is 0.434. The second-order valence-corrected chi connectivity index (χ2v) is 12.4. The van der Waals surface area contributed by atoms with Crippen LogP contribution in [0.2, 0.25) is 0 Å². The molecule has 0 heterocycles. The molecule has 8 aliphatic rings. The van der Waals surface area contributed by atoms with Crippen molar-refractivity contribution in [3.05, 3.63) is 35.4 Å². The Morgan fingerprint density at radius 3 is 1.53 bits per heavy atom. The average Bonchev–Trinajstić information content (AvgIpc) is 2.69. The van der Waals surface area contributed by atoms with E-state index in [9.17, 15) is 0 Å². The molecule has 0 nitrogen and oxygen atoms in total. The molecule has 0 saturated heterocycles. The molecule has 9 rings (SSSR count). The zero-order valence-electron chi connectivity index (χ0n) is 18.2. The lowest BCUT2D eigenvalue weighted by molar-refractivity contribution is -0.0182. The molecule has 0 unspecified atom stereocenters. The Kier molecular flexibility index (Phi) is 3.85. The van der Waals surface area contributed by atoms with Crippen LogP contribution in [0.5, 0.6) is 0 Å². The molecule has 1 aromatic rings. The van der Waals surface area contributed by atoms with E-state index >= 15 is 0 Å². The standard InChI is InChI=1S/C30H33/c1-2-4-28(6-8-30-18-24-12-25(19-30)14-26(13-24)20-30)27(3-1)5-7-29-15-21-9-22(16-29)11-23(10-21)17-29/h1-3,21-26H,9-20H2. The SMILES string of the molecule is C(#CC12CC3CC(CC(C3)C1)C2)c1[c]cccc1C#CC12CC3CC(CC(C3)C1)C2. The summed E-state index contributed by atoms with van der Waals surface area (Å²) < 4.78 is 0. The predicted octanol–water partition coefficient (Wildman–Crippen LogP) is 6.62. The Hall–Kier alpha value is -1.66. The zero-order chi connectivity index (χ0) is 19.8. The van der Waals surface area contributed by atoms with Crippen molar-refractivity contribution >= 4 is 0 Å². The fraction of sp³-hybridized carbons (Fsp3) is 0.667. The third-order valence-electron chi connectivity index (χ3n) is 9.85. The molecule has 8 aliphatic carbocycles. The van der Waals surface area contributed by atoms with Gasteiger partial charge in [0.1, 0.15) is 0 Å². The number of benzene rings is 1. The van der Waals surface area contributed by atoms with Gasteiger partial charge >= 0.3 is 0 Å². The minimum atomic E-state index is 0.309. The Morgan fingerprint density at radius 1 is 0.633 bits per heavy atom. The van der Waals surface area contributed by atoms with Gasteiger partial charge in [-0.1, -0.05) is 35.8 Å². The first-order chi connectivity index (χ1) is 14.6. The summed E-state index contributed by atoms with van der Waals surface area (Å²) in [5, 5.41) is 0. The van der Waals surface area contributed by atoms with Crippen molar-refractivity contribution in [3.63, 3.8) is 0 Å². The molecule has 0 heteroatoms. The van der Waals surface area contributed by atoms with Gasteiger partial charge in [0.15, 0.2) is 0 Å². The third kappa shape index (κ3) is 2.98. The van der Waals surface area contributed by atoms with Crippen LogP contribution in [-0.2, 0) is 0 Å². The Balaban J connectivity index is 1.18. The van der Waals surface area contributed by atoms with Gasteiger partial charge in [-0.15, -0.1) is 0 Å². The lowest BCUT2D eigenvalue weighted by Gasteiger charge is -2.54. The van der Waals surface area contributed by atoms with E-state index in [4.69, 9.17) is 0 Å². The van der Waals surface area contributed by atoms with Crippen molar-refractivity contribution < 1.29 is 0 Å². The Labute approximate surface area is 182 Å². The summed E-state index contributed by atoms with van der Waals surface area (Å²) in [5.74, 6) is 20.7. The maximum atomic E-state index is 3.84. The molecule has 0 aliphatic heterocycles. The van der Waals surface area contributed by atoms with Crippen LogP contribution in [0.3, 0.4) is 0 Å². The molecule has 8 fully saturated rings. The maximum Gasteiger partial charge on any atom is 0.0480 e. The molecule has 30 heavy (non-hydrogen) atoms. The van der Waals surface area contributed by atoms with Crippen molar-refractivity contribution in [3.8, 4) is 23.7 Å². The average molecular weight is 394 g/mol. The molecule has 0 N–H and O–H groups in total. The van der Waals surface area contributed by atoms with Crippen molar-refractivity contribution in [1.29, 1.82) is 0 Å². The van der Waals surface area contributed by atoms with Crippen molar-refractivity contribution in [1.82, 2.24) is 0 Å². The highest BCUT2D eigenvalue weighted by Crippen LogP contribution is 2.60. The van der Waals surface area contributed by atoms with Crippen LogP contribution >= 0.6 is 0 Å². The smallest absolute Gasteiger partial charge is 0.0480 e. The molecular weight excluding hydrogens is 360 g/mol. The second-order valence-electron chi connectivity index (χ2n) is 12.4. The van der Waals surface area contributed by atoms with Gasteiger partial charge < -0.3 is 0 Å². The molecule has 8 saturated carbocycles. The summed E-state index contributed by atoms with van der Waals surface area (Å²) in [6.07, 6.45) is 17.1. The minimum absolute atomic E-state index is 0.309. The van der Waals surface area contributed by atoms with Gasteiger partial charge in [0.2, 0.25) is 0 Å². The van der Waals surface area contributed by atoms with Crippen molar-refractivity contribution in [2.75, 3.05) is 0 Å². The van der Waals surface area contributed by atoms with Gasteiger partial charge in [-0.25, -0.2) is 0 Å². The van der Waals surface area contributed by atoms with Gasteiger partial charge in [-0.2, -0.15) is 0 Å². The second kappa shape index (κ2) is 6.42. The van der Waals surface area contributed by atoms with E-state index < -0.39 is 0 Å². The highest BCUT2D eigenvalue weighted by atomic mass is 14.5. The van der Waals surface area contributed by atoms with E-state index in [1.807, 2.05) is 6.07 Å². The molecule has 0 atom stereocenters. The number of rotatable bonds is 0. The zero-order valence-corrected chi connectivity index (χ0v) is 18.2. The molecule has 0 amide bonds. The molecule has 1 radical (unpaired) electrons. The van der Waals surface area contributed by atoms with Crippen LogP contribution < -0.4 is 0 Å². The van der Waals surface area contributed by atoms with E-state index in [0.29, 0.717) is 10.8 Å². The Bertz CT molecular complexity index is 835. The van der Waals surface area contributed by atoms with Crippen LogP contribution in [0.1, 0.15) is 88.2 Å². The maximum absolute atomic E-state index is 3.84. The first kappa shape index (κ1) is 18.0. The predicted molar refractivity (Wildman–Crippen MR) is 120 cm³/mol. The summed E-state index contributed by atoms with van der Waals surface area (Å²) in [6, 6.07) is 9.76. The van der Waals surface area contributed by atoms with Crippen LogP contribution in [0.15, 0.2) is 18.2 Å². The first-order valence-corrected chi connectivity index (χ1v) is 12.7. The summed E-state index contributed by atoms with van der Waals surface area (Å²) in [7, 11) is 0. The summed E-state index contributed by atoms with van der Waals surface area (Å²) in [6.45, 7) is 0. The summed E-state index contributed by atoms with van der Waals surface area (Å²) in [5.41, 5.74) is 2.81. The normalized spacial score (nSPS) is 46.8. The number of hydrogen-bond acceptors (Lipinski definition) is 0. The Morgan fingerprint density at radius 2 is 1.07 bits per heavy atom. The van der Waals surface area contributed by atoms with Gasteiger partial charge in [0.25, 0.3) is 0 Å². The lowest BCUT2D eigenvalue weighted by atomic mass is 9.50. The molecule has 8 bridgehead atoms. The van der Waals surface area contributed by atoms with Gasteiger partial charge in [0.05, 0.1) is 0 Å². The monoisotopic (exact) mass is 393 g/mol. The van der Waals surface area contributed by atoms with Crippen LogP contribution in [0.25, 0.3) is 0 Å². The van der Waals surface area contributed by atoms with E-state index in [0.717, 1.165) is 46.6 Å². The highest BCUT2D eigenvalue weighted by Gasteiger charge is 2.51. The van der Waals surface area contributed by atoms with Crippen molar-refractivity contribution in [2.24, 2.45) is 46.3 Å². The first-order valence-electron chi connectivity index (χ1n) is 12.7. The fourth-order valence-corrected chi connectivity index (χ4v) is 9.57. The largest absolute Gasteiger partial charge is 0.0910 e. The van der Waals surface area contributed by atoms with Crippen LogP contribution in [0, 0.1) is 76.1 Å². The van der Waals surface area contributed by atoms with Crippen molar-refractivity contribution in [2.45, 2.75) is 77.0 Å². The third-order valence-corrected chi connectivity index (χ3v) is 9.85. The molecule has 153 valence electrons. The molecule has 1 aromatic carbocycles.